The molecule has 296 valence electrons. The summed E-state index contributed by atoms with van der Waals surface area (Å²) in [6.45, 7) is 11.8. The summed E-state index contributed by atoms with van der Waals surface area (Å²) in [6, 6.07) is 60.9. The van der Waals surface area contributed by atoms with E-state index in [2.05, 4.69) is 197 Å². The van der Waals surface area contributed by atoms with E-state index in [4.69, 9.17) is 0 Å². The molecule has 1 nitrogen and oxygen atoms in total. The Hall–Kier alpha value is -5.66. The lowest BCUT2D eigenvalue weighted by Gasteiger charge is -2.61. The van der Waals surface area contributed by atoms with Crippen LogP contribution in [0, 0.1) is 23.7 Å². The molecule has 60 heavy (non-hydrogen) atoms. The van der Waals surface area contributed by atoms with Crippen LogP contribution in [0.15, 0.2) is 158 Å². The molecule has 6 aliphatic rings. The summed E-state index contributed by atoms with van der Waals surface area (Å²) in [5.74, 6) is 3.09. The molecule has 4 saturated carbocycles. The van der Waals surface area contributed by atoms with Crippen LogP contribution >= 0.6 is 0 Å². The van der Waals surface area contributed by atoms with Gasteiger partial charge in [0.05, 0.1) is 5.69 Å². The number of anilines is 3. The van der Waals surface area contributed by atoms with Gasteiger partial charge in [0.15, 0.2) is 0 Å². The van der Waals surface area contributed by atoms with Crippen molar-refractivity contribution in [1.29, 1.82) is 0 Å². The first-order chi connectivity index (χ1) is 29.1. The molecular formula is C59H55N. The first-order valence-corrected chi connectivity index (χ1v) is 22.7. The molecule has 4 fully saturated rings. The van der Waals surface area contributed by atoms with E-state index in [1.807, 2.05) is 0 Å². The highest BCUT2D eigenvalue weighted by atomic mass is 15.1. The van der Waals surface area contributed by atoms with Gasteiger partial charge in [0.1, 0.15) is 0 Å². The Balaban J connectivity index is 1.14. The molecule has 7 aromatic rings. The van der Waals surface area contributed by atoms with Gasteiger partial charge in [0.25, 0.3) is 0 Å². The average molecular weight is 778 g/mol. The zero-order chi connectivity index (χ0) is 40.5. The smallest absolute Gasteiger partial charge is 0.0543 e. The lowest BCUT2D eigenvalue weighted by atomic mass is 9.42. The fourth-order valence-corrected chi connectivity index (χ4v) is 13.5. The predicted molar refractivity (Wildman–Crippen MR) is 252 cm³/mol. The molecule has 0 saturated heterocycles. The molecular weight excluding hydrogens is 723 g/mol. The van der Waals surface area contributed by atoms with Crippen LogP contribution in [0.2, 0.25) is 0 Å². The van der Waals surface area contributed by atoms with Gasteiger partial charge in [-0.25, -0.2) is 0 Å². The van der Waals surface area contributed by atoms with E-state index in [0.29, 0.717) is 11.8 Å². The Kier molecular flexibility index (Phi) is 7.80. The Morgan fingerprint density at radius 2 is 1.00 bits per heavy atom. The third-order valence-corrected chi connectivity index (χ3v) is 16.0. The second kappa shape index (κ2) is 12.9. The maximum atomic E-state index is 2.62. The average Bonchev–Trinajstić information content (AvgIpc) is 3.68. The van der Waals surface area contributed by atoms with Crippen molar-refractivity contribution in [2.45, 2.75) is 83.0 Å². The lowest BCUT2D eigenvalue weighted by molar-refractivity contribution is -0.0397. The summed E-state index contributed by atoms with van der Waals surface area (Å²) in [5.41, 5.74) is 21.9. The molecule has 6 aliphatic carbocycles. The third-order valence-electron chi connectivity index (χ3n) is 16.0. The Morgan fingerprint density at radius 3 is 1.67 bits per heavy atom. The molecule has 13 rings (SSSR count). The molecule has 0 N–H and O–H groups in total. The van der Waals surface area contributed by atoms with Gasteiger partial charge < -0.3 is 4.90 Å². The molecule has 0 amide bonds. The van der Waals surface area contributed by atoms with Crippen molar-refractivity contribution in [2.24, 2.45) is 23.7 Å². The zero-order valence-corrected chi connectivity index (χ0v) is 35.8. The highest BCUT2D eigenvalue weighted by Gasteiger charge is 2.62. The van der Waals surface area contributed by atoms with Crippen molar-refractivity contribution in [3.63, 3.8) is 0 Å². The maximum absolute atomic E-state index is 2.62. The van der Waals surface area contributed by atoms with Gasteiger partial charge in [-0.3, -0.25) is 0 Å². The second-order valence-electron chi connectivity index (χ2n) is 20.6. The van der Waals surface area contributed by atoms with Crippen LogP contribution in [0.3, 0.4) is 0 Å². The van der Waals surface area contributed by atoms with Crippen LogP contribution in [0.4, 0.5) is 17.1 Å². The van der Waals surface area contributed by atoms with Crippen LogP contribution in [-0.2, 0) is 16.2 Å². The SMILES string of the molecule is CC(C)(C)c1ccc(-c2c(N(c3ccc(-c4ccccc4)cc3)c3ccc4c(c3)C(C)(C)c3ccccc3-4)ccc3c2C2(c4ccccc4-3)C3CC4CC(C3)CC2C4)cc1. The summed E-state index contributed by atoms with van der Waals surface area (Å²) in [4.78, 5) is 2.62. The number of benzene rings is 7. The van der Waals surface area contributed by atoms with Gasteiger partial charge in [-0.1, -0.05) is 162 Å². The first-order valence-electron chi connectivity index (χ1n) is 22.7. The summed E-state index contributed by atoms with van der Waals surface area (Å²) in [6.07, 6.45) is 6.89. The van der Waals surface area contributed by atoms with E-state index < -0.39 is 0 Å². The maximum Gasteiger partial charge on any atom is 0.0543 e. The molecule has 7 aromatic carbocycles. The Bertz CT molecular complexity index is 2790. The van der Waals surface area contributed by atoms with E-state index in [9.17, 15) is 0 Å². The first kappa shape index (κ1) is 36.2. The van der Waals surface area contributed by atoms with Crippen molar-refractivity contribution in [2.75, 3.05) is 4.90 Å². The van der Waals surface area contributed by atoms with E-state index in [1.165, 1.54) is 110 Å². The summed E-state index contributed by atoms with van der Waals surface area (Å²) < 4.78 is 0. The second-order valence-corrected chi connectivity index (χ2v) is 20.6. The quantitative estimate of drug-likeness (QED) is 0.168. The normalized spacial score (nSPS) is 23.6. The molecule has 0 radical (unpaired) electrons. The highest BCUT2D eigenvalue weighted by Crippen LogP contribution is 2.71. The fraction of sp³-hybridized carbons (Fsp3) is 0.288. The van der Waals surface area contributed by atoms with Crippen LogP contribution in [0.5, 0.6) is 0 Å². The molecule has 0 aliphatic heterocycles. The monoisotopic (exact) mass is 777 g/mol. The van der Waals surface area contributed by atoms with Gasteiger partial charge in [-0.2, -0.15) is 0 Å². The van der Waals surface area contributed by atoms with Crippen molar-refractivity contribution in [1.82, 2.24) is 0 Å². The van der Waals surface area contributed by atoms with E-state index in [-0.39, 0.29) is 16.2 Å². The van der Waals surface area contributed by atoms with Crippen LogP contribution < -0.4 is 4.90 Å². The topological polar surface area (TPSA) is 3.24 Å². The molecule has 1 heteroatoms. The van der Waals surface area contributed by atoms with Crippen molar-refractivity contribution in [3.05, 3.63) is 186 Å². The van der Waals surface area contributed by atoms with Crippen LogP contribution in [-0.4, -0.2) is 0 Å². The highest BCUT2D eigenvalue weighted by molar-refractivity contribution is 5.99. The zero-order valence-electron chi connectivity index (χ0n) is 35.8. The fourth-order valence-electron chi connectivity index (χ4n) is 13.5. The lowest BCUT2D eigenvalue weighted by Crippen LogP contribution is -2.55. The predicted octanol–water partition coefficient (Wildman–Crippen LogP) is 15.8. The summed E-state index contributed by atoms with van der Waals surface area (Å²) in [5, 5.41) is 0. The minimum Gasteiger partial charge on any atom is -0.310 e. The van der Waals surface area contributed by atoms with E-state index in [0.717, 1.165) is 11.8 Å². The number of hydrogen-bond acceptors (Lipinski definition) is 1. The van der Waals surface area contributed by atoms with Crippen LogP contribution in [0.1, 0.15) is 94.5 Å². The minimum atomic E-state index is -0.111. The van der Waals surface area contributed by atoms with Crippen molar-refractivity contribution in [3.8, 4) is 44.5 Å². The van der Waals surface area contributed by atoms with E-state index >= 15 is 0 Å². The van der Waals surface area contributed by atoms with Gasteiger partial charge in [-0.15, -0.1) is 0 Å². The molecule has 0 aromatic heterocycles. The molecule has 4 bridgehead atoms. The Morgan fingerprint density at radius 1 is 0.467 bits per heavy atom. The standard InChI is InChI=1S/C59H55N/c1-57(2,3)42-23-19-41(20-24-42)55-54(30-29-50-48-16-10-12-18-52(48)59(56(50)55)43-32-37-31-38(34-43)35-44(59)33-37)60(45-25-21-40(22-26-45)39-13-7-6-8-14-39)46-27-28-49-47-15-9-11-17-51(47)58(4,5)53(49)36-46/h6-30,36-38,43-44H,31-35H2,1-5H3. The molecule has 0 atom stereocenters. The van der Waals surface area contributed by atoms with Crippen molar-refractivity contribution >= 4 is 17.1 Å². The number of rotatable bonds is 5. The largest absolute Gasteiger partial charge is 0.310 e. The van der Waals surface area contributed by atoms with Crippen LogP contribution in [0.25, 0.3) is 44.5 Å². The number of fused-ring (bicyclic) bond motifs is 6. The minimum absolute atomic E-state index is 0.0117. The van der Waals surface area contributed by atoms with Gasteiger partial charge >= 0.3 is 0 Å². The summed E-state index contributed by atoms with van der Waals surface area (Å²) in [7, 11) is 0. The molecule has 0 unspecified atom stereocenters. The Labute approximate surface area is 357 Å². The van der Waals surface area contributed by atoms with E-state index in [1.54, 1.807) is 11.1 Å². The van der Waals surface area contributed by atoms with Crippen molar-refractivity contribution < 1.29 is 0 Å². The van der Waals surface area contributed by atoms with Gasteiger partial charge in [0.2, 0.25) is 0 Å². The van der Waals surface area contributed by atoms with Gasteiger partial charge in [-0.05, 0) is 158 Å². The third kappa shape index (κ3) is 5.11. The molecule has 0 heterocycles. The summed E-state index contributed by atoms with van der Waals surface area (Å²) >= 11 is 0. The number of hydrogen-bond donors (Lipinski definition) is 0. The van der Waals surface area contributed by atoms with Gasteiger partial charge in [0, 0.05) is 27.8 Å². The number of nitrogens with zero attached hydrogens (tertiary/aromatic N) is 1. The molecule has 1 spiro atoms.